The molecule has 0 fully saturated rings. The number of anilines is 1. The van der Waals surface area contributed by atoms with Crippen molar-refractivity contribution >= 4 is 46.7 Å². The summed E-state index contributed by atoms with van der Waals surface area (Å²) in [7, 11) is 0. The van der Waals surface area contributed by atoms with Gasteiger partial charge in [0.2, 0.25) is 0 Å². The number of nitrogens with zero attached hydrogens (tertiary/aromatic N) is 2. The average molecular weight is 436 g/mol. The third kappa shape index (κ3) is 4.26. The first kappa shape index (κ1) is 16.8. The van der Waals surface area contributed by atoms with E-state index in [-0.39, 0.29) is 0 Å². The van der Waals surface area contributed by atoms with Gasteiger partial charge < -0.3 is 0 Å². The standard InChI is InChI=1S/C19H21BrN2Se/c1-14(2)19-12-17(13-23-18-6-4-3-5-7-18)22(21-19)16-10-8-15(20)9-11-16/h3-11,14,17H,12-13H2,1-2H3. The number of hydrazone groups is 1. The summed E-state index contributed by atoms with van der Waals surface area (Å²) in [6, 6.07) is 19.8. The molecule has 1 aliphatic rings. The predicted octanol–water partition coefficient (Wildman–Crippen LogP) is 4.49. The zero-order valence-corrected chi connectivity index (χ0v) is 16.7. The Morgan fingerprint density at radius 3 is 2.48 bits per heavy atom. The number of hydrogen-bond donors (Lipinski definition) is 0. The normalized spacial score (nSPS) is 17.7. The van der Waals surface area contributed by atoms with Crippen LogP contribution in [0.4, 0.5) is 5.69 Å². The third-order valence-electron chi connectivity index (χ3n) is 3.97. The van der Waals surface area contributed by atoms with Crippen LogP contribution >= 0.6 is 15.9 Å². The van der Waals surface area contributed by atoms with Gasteiger partial charge in [-0.25, -0.2) is 0 Å². The summed E-state index contributed by atoms with van der Waals surface area (Å²) in [5.41, 5.74) is 2.51. The van der Waals surface area contributed by atoms with Crippen LogP contribution in [0.1, 0.15) is 20.3 Å². The first-order valence-corrected chi connectivity index (χ1v) is 10.8. The quantitative estimate of drug-likeness (QED) is 0.631. The Balaban J connectivity index is 1.76. The van der Waals surface area contributed by atoms with E-state index in [0.717, 1.165) is 10.9 Å². The topological polar surface area (TPSA) is 15.6 Å². The van der Waals surface area contributed by atoms with Gasteiger partial charge in [-0.05, 0) is 0 Å². The third-order valence-corrected chi connectivity index (χ3v) is 6.93. The van der Waals surface area contributed by atoms with Crippen LogP contribution in [0.15, 0.2) is 64.2 Å². The number of benzene rings is 2. The summed E-state index contributed by atoms with van der Waals surface area (Å²) in [6.07, 6.45) is 1.09. The van der Waals surface area contributed by atoms with E-state index in [4.69, 9.17) is 5.10 Å². The van der Waals surface area contributed by atoms with Crippen LogP contribution < -0.4 is 9.47 Å². The molecule has 0 saturated heterocycles. The molecule has 1 aliphatic heterocycles. The van der Waals surface area contributed by atoms with Crippen LogP contribution in [0.2, 0.25) is 5.32 Å². The number of rotatable bonds is 5. The molecule has 0 amide bonds. The second-order valence-electron chi connectivity index (χ2n) is 6.05. The van der Waals surface area contributed by atoms with Crippen molar-refractivity contribution in [2.75, 3.05) is 5.01 Å². The molecule has 0 spiro atoms. The molecule has 4 heteroatoms. The van der Waals surface area contributed by atoms with Crippen molar-refractivity contribution in [2.45, 2.75) is 31.6 Å². The van der Waals surface area contributed by atoms with E-state index in [1.807, 2.05) is 0 Å². The van der Waals surface area contributed by atoms with E-state index in [1.54, 1.807) is 0 Å². The van der Waals surface area contributed by atoms with Crippen LogP contribution in [0.3, 0.4) is 0 Å². The number of halogens is 1. The average Bonchev–Trinajstić information content (AvgIpc) is 2.99. The van der Waals surface area contributed by atoms with Crippen molar-refractivity contribution in [3.8, 4) is 0 Å². The SMILES string of the molecule is CC(C)C1=NN(c2ccc(Br)cc2)C(C[Se]c2ccccc2)C1. The van der Waals surface area contributed by atoms with Crippen LogP contribution in [0.25, 0.3) is 0 Å². The maximum absolute atomic E-state index is 4.93. The molecule has 2 aromatic carbocycles. The van der Waals surface area contributed by atoms with Crippen molar-refractivity contribution in [1.29, 1.82) is 0 Å². The van der Waals surface area contributed by atoms with Gasteiger partial charge in [-0.1, -0.05) is 0 Å². The summed E-state index contributed by atoms with van der Waals surface area (Å²) >= 11 is 4.00. The van der Waals surface area contributed by atoms with Gasteiger partial charge in [0.15, 0.2) is 0 Å². The van der Waals surface area contributed by atoms with Gasteiger partial charge in [-0.3, -0.25) is 0 Å². The zero-order chi connectivity index (χ0) is 16.2. The Bertz CT molecular complexity index is 668. The van der Waals surface area contributed by atoms with Crippen molar-refractivity contribution in [3.63, 3.8) is 0 Å². The molecule has 3 rings (SSSR count). The van der Waals surface area contributed by atoms with E-state index in [2.05, 4.69) is 89.4 Å². The van der Waals surface area contributed by atoms with Gasteiger partial charge in [0, 0.05) is 0 Å². The van der Waals surface area contributed by atoms with Crippen LogP contribution in [0.5, 0.6) is 0 Å². The molecule has 0 aliphatic carbocycles. The molecule has 2 aromatic rings. The van der Waals surface area contributed by atoms with Crippen molar-refractivity contribution in [2.24, 2.45) is 11.0 Å². The van der Waals surface area contributed by atoms with Crippen LogP contribution in [-0.2, 0) is 0 Å². The Kier molecular flexibility index (Phi) is 5.58. The van der Waals surface area contributed by atoms with E-state index in [9.17, 15) is 0 Å². The van der Waals surface area contributed by atoms with Crippen molar-refractivity contribution in [3.05, 3.63) is 59.1 Å². The Hall–Kier alpha value is -1.09. The molecular weight excluding hydrogens is 415 g/mol. The summed E-state index contributed by atoms with van der Waals surface area (Å²) in [6.45, 7) is 4.48. The molecule has 120 valence electrons. The van der Waals surface area contributed by atoms with Gasteiger partial charge in [-0.15, -0.1) is 0 Å². The van der Waals surface area contributed by atoms with Gasteiger partial charge in [0.05, 0.1) is 0 Å². The Labute approximate surface area is 153 Å². The summed E-state index contributed by atoms with van der Waals surface area (Å²) < 4.78 is 2.58. The molecule has 0 bridgehead atoms. The van der Waals surface area contributed by atoms with Gasteiger partial charge in [-0.2, -0.15) is 0 Å². The van der Waals surface area contributed by atoms with Gasteiger partial charge in [0.1, 0.15) is 0 Å². The van der Waals surface area contributed by atoms with E-state index >= 15 is 0 Å². The first-order valence-electron chi connectivity index (χ1n) is 7.93. The minimum absolute atomic E-state index is 0.480. The minimum atomic E-state index is 0.480. The second-order valence-corrected chi connectivity index (χ2v) is 9.26. The Morgan fingerprint density at radius 1 is 1.13 bits per heavy atom. The van der Waals surface area contributed by atoms with E-state index in [1.165, 1.54) is 21.2 Å². The fraction of sp³-hybridized carbons (Fsp3) is 0.316. The first-order chi connectivity index (χ1) is 11.1. The molecule has 0 N–H and O–H groups in total. The fourth-order valence-corrected chi connectivity index (χ4v) is 4.99. The fourth-order valence-electron chi connectivity index (χ4n) is 2.64. The molecular formula is C19H21BrN2Se. The van der Waals surface area contributed by atoms with E-state index in [0.29, 0.717) is 26.9 Å². The van der Waals surface area contributed by atoms with Crippen molar-refractivity contribution in [1.82, 2.24) is 0 Å². The molecule has 1 atom stereocenters. The molecule has 0 saturated carbocycles. The summed E-state index contributed by atoms with van der Waals surface area (Å²) in [5.74, 6) is 0.516. The molecule has 1 heterocycles. The predicted molar refractivity (Wildman–Crippen MR) is 104 cm³/mol. The zero-order valence-electron chi connectivity index (χ0n) is 13.4. The molecule has 2 nitrogen and oxygen atoms in total. The van der Waals surface area contributed by atoms with Gasteiger partial charge in [0.25, 0.3) is 0 Å². The Morgan fingerprint density at radius 2 is 1.83 bits per heavy atom. The summed E-state index contributed by atoms with van der Waals surface area (Å²) in [5, 5.41) is 8.36. The second kappa shape index (κ2) is 7.65. The van der Waals surface area contributed by atoms with Crippen molar-refractivity contribution < 1.29 is 0 Å². The van der Waals surface area contributed by atoms with Gasteiger partial charge >= 0.3 is 153 Å². The van der Waals surface area contributed by atoms with E-state index < -0.39 is 0 Å². The molecule has 23 heavy (non-hydrogen) atoms. The molecule has 0 radical (unpaired) electrons. The maximum atomic E-state index is 4.93. The molecule has 0 aromatic heterocycles. The molecule has 1 unspecified atom stereocenters. The number of hydrogen-bond acceptors (Lipinski definition) is 2. The monoisotopic (exact) mass is 436 g/mol. The van der Waals surface area contributed by atoms with Crippen LogP contribution in [-0.4, -0.2) is 26.7 Å². The summed E-state index contributed by atoms with van der Waals surface area (Å²) in [4.78, 5) is 0. The van der Waals surface area contributed by atoms with Crippen LogP contribution in [0, 0.1) is 5.92 Å².